The molecule has 214 valence electrons. The van der Waals surface area contributed by atoms with Crippen LogP contribution >= 0.6 is 0 Å². The van der Waals surface area contributed by atoms with Gasteiger partial charge in [-0.3, -0.25) is 19.8 Å². The van der Waals surface area contributed by atoms with Gasteiger partial charge in [0.05, 0.1) is 28.6 Å². The van der Waals surface area contributed by atoms with Gasteiger partial charge in [-0.1, -0.05) is 52.0 Å². The number of para-hydroxylation sites is 1. The molecule has 0 aliphatic heterocycles. The van der Waals surface area contributed by atoms with Gasteiger partial charge in [0.1, 0.15) is 11.5 Å². The zero-order valence-corrected chi connectivity index (χ0v) is 24.6. The fraction of sp³-hybridized carbons (Fsp3) is 0.265. The second-order valence-electron chi connectivity index (χ2n) is 11.0. The third-order valence-electron chi connectivity index (χ3n) is 6.86. The Labute approximate surface area is 245 Å². The van der Waals surface area contributed by atoms with Gasteiger partial charge in [-0.05, 0) is 54.7 Å². The molecule has 2 aromatic carbocycles. The van der Waals surface area contributed by atoms with E-state index in [2.05, 4.69) is 35.2 Å². The zero-order chi connectivity index (χ0) is 29.8. The number of carbonyl (C=O) groups is 1. The summed E-state index contributed by atoms with van der Waals surface area (Å²) in [5.74, 6) is 0.664. The lowest BCUT2D eigenvalue weighted by molar-refractivity contribution is -0.116. The average Bonchev–Trinajstić information content (AvgIpc) is 3.39. The van der Waals surface area contributed by atoms with Crippen LogP contribution in [0.2, 0.25) is 0 Å². The number of fused-ring (bicyclic) bond motifs is 1. The number of rotatable bonds is 9. The van der Waals surface area contributed by atoms with Gasteiger partial charge < -0.3 is 10.3 Å². The van der Waals surface area contributed by atoms with Crippen molar-refractivity contribution in [1.82, 2.24) is 19.9 Å². The SMILES string of the molecule is CCN=C(c1nc2c(-c3cccc(F)c3)cccc2[nH]1)c1cc(-c2cncc(NC(=O)CC(C)C)c2)cnc1C(C)C. The summed E-state index contributed by atoms with van der Waals surface area (Å²) in [5, 5.41) is 2.95. The van der Waals surface area contributed by atoms with E-state index in [9.17, 15) is 9.18 Å². The maximum absolute atomic E-state index is 14.1. The van der Waals surface area contributed by atoms with Crippen LogP contribution in [0.25, 0.3) is 33.3 Å². The maximum Gasteiger partial charge on any atom is 0.224 e. The molecule has 3 aromatic heterocycles. The van der Waals surface area contributed by atoms with E-state index in [0.717, 1.165) is 44.5 Å². The first-order chi connectivity index (χ1) is 20.2. The summed E-state index contributed by atoms with van der Waals surface area (Å²) in [6.45, 7) is 10.8. The van der Waals surface area contributed by atoms with Crippen molar-refractivity contribution in [3.63, 3.8) is 0 Å². The number of hydrogen-bond donors (Lipinski definition) is 2. The Bertz CT molecular complexity index is 1770. The van der Waals surface area contributed by atoms with Gasteiger partial charge in [0.25, 0.3) is 0 Å². The summed E-state index contributed by atoms with van der Waals surface area (Å²) in [6, 6.07) is 16.3. The monoisotopic (exact) mass is 562 g/mol. The van der Waals surface area contributed by atoms with Gasteiger partial charge in [-0.15, -0.1) is 0 Å². The molecule has 0 unspecified atom stereocenters. The Kier molecular flexibility index (Phi) is 8.52. The first-order valence-corrected chi connectivity index (χ1v) is 14.3. The van der Waals surface area contributed by atoms with Gasteiger partial charge in [0.2, 0.25) is 5.91 Å². The third kappa shape index (κ3) is 6.28. The van der Waals surface area contributed by atoms with Gasteiger partial charge in [0, 0.05) is 47.6 Å². The molecule has 0 aliphatic rings. The molecule has 0 aliphatic carbocycles. The molecule has 5 rings (SSSR count). The van der Waals surface area contributed by atoms with Crippen LogP contribution in [0.1, 0.15) is 64.0 Å². The van der Waals surface area contributed by atoms with E-state index < -0.39 is 0 Å². The van der Waals surface area contributed by atoms with Crippen molar-refractivity contribution in [3.8, 4) is 22.3 Å². The molecule has 0 atom stereocenters. The van der Waals surface area contributed by atoms with Gasteiger partial charge in [-0.2, -0.15) is 0 Å². The summed E-state index contributed by atoms with van der Waals surface area (Å²) in [4.78, 5) is 34.9. The molecule has 0 fully saturated rings. The van der Waals surface area contributed by atoms with E-state index in [1.54, 1.807) is 18.5 Å². The van der Waals surface area contributed by atoms with Crippen molar-refractivity contribution >= 4 is 28.3 Å². The Morgan fingerprint density at radius 3 is 2.50 bits per heavy atom. The third-order valence-corrected chi connectivity index (χ3v) is 6.86. The van der Waals surface area contributed by atoms with Crippen molar-refractivity contribution in [3.05, 3.63) is 96.1 Å². The number of imidazole rings is 1. The molecule has 7 nitrogen and oxygen atoms in total. The number of hydrogen-bond acceptors (Lipinski definition) is 5. The number of halogens is 1. The van der Waals surface area contributed by atoms with Gasteiger partial charge >= 0.3 is 0 Å². The lowest BCUT2D eigenvalue weighted by atomic mass is 9.96. The quantitative estimate of drug-likeness (QED) is 0.179. The first-order valence-electron chi connectivity index (χ1n) is 14.3. The number of aromatic nitrogens is 4. The van der Waals surface area contributed by atoms with Crippen LogP contribution in [-0.4, -0.2) is 38.1 Å². The summed E-state index contributed by atoms with van der Waals surface area (Å²) in [7, 11) is 0. The lowest BCUT2D eigenvalue weighted by Gasteiger charge is -2.15. The van der Waals surface area contributed by atoms with Crippen LogP contribution in [0.5, 0.6) is 0 Å². The Morgan fingerprint density at radius 2 is 1.76 bits per heavy atom. The number of nitrogens with one attached hydrogen (secondary N) is 2. The molecular weight excluding hydrogens is 527 g/mol. The number of aromatic amines is 1. The van der Waals surface area contributed by atoms with Crippen LogP contribution in [0, 0.1) is 11.7 Å². The summed E-state index contributed by atoms with van der Waals surface area (Å²) < 4.78 is 14.1. The molecule has 0 saturated heterocycles. The highest BCUT2D eigenvalue weighted by Gasteiger charge is 2.21. The van der Waals surface area contributed by atoms with E-state index in [1.807, 2.05) is 57.3 Å². The molecule has 2 N–H and O–H groups in total. The zero-order valence-electron chi connectivity index (χ0n) is 24.6. The van der Waals surface area contributed by atoms with Crippen LogP contribution in [0.15, 0.2) is 78.2 Å². The predicted molar refractivity (Wildman–Crippen MR) is 167 cm³/mol. The molecule has 42 heavy (non-hydrogen) atoms. The van der Waals surface area contributed by atoms with Crippen molar-refractivity contribution in [2.75, 3.05) is 11.9 Å². The second-order valence-corrected chi connectivity index (χ2v) is 11.0. The summed E-state index contributed by atoms with van der Waals surface area (Å²) >= 11 is 0. The van der Waals surface area contributed by atoms with Crippen LogP contribution in [0.4, 0.5) is 10.1 Å². The average molecular weight is 563 g/mol. The normalized spacial score (nSPS) is 12.0. The molecular formula is C34H35FN6O. The number of pyridine rings is 2. The van der Waals surface area contributed by atoms with E-state index in [4.69, 9.17) is 15.0 Å². The number of anilines is 1. The van der Waals surface area contributed by atoms with E-state index in [0.29, 0.717) is 30.2 Å². The highest BCUT2D eigenvalue weighted by Crippen LogP contribution is 2.31. The molecule has 1 amide bonds. The van der Waals surface area contributed by atoms with Gasteiger partial charge in [-0.25, -0.2) is 9.37 Å². The number of amides is 1. The molecule has 3 heterocycles. The van der Waals surface area contributed by atoms with E-state index >= 15 is 0 Å². The highest BCUT2D eigenvalue weighted by atomic mass is 19.1. The lowest BCUT2D eigenvalue weighted by Crippen LogP contribution is -2.14. The minimum Gasteiger partial charge on any atom is -0.337 e. The summed E-state index contributed by atoms with van der Waals surface area (Å²) in [6.07, 6.45) is 5.68. The molecule has 8 heteroatoms. The molecule has 0 spiro atoms. The Hall–Kier alpha value is -4.72. The Morgan fingerprint density at radius 1 is 0.976 bits per heavy atom. The topological polar surface area (TPSA) is 95.9 Å². The molecule has 0 bridgehead atoms. The fourth-order valence-electron chi connectivity index (χ4n) is 5.01. The van der Waals surface area contributed by atoms with Gasteiger partial charge in [0.15, 0.2) is 5.82 Å². The Balaban J connectivity index is 1.59. The summed E-state index contributed by atoms with van der Waals surface area (Å²) in [5.41, 5.74) is 7.94. The van der Waals surface area contributed by atoms with Crippen molar-refractivity contribution < 1.29 is 9.18 Å². The number of benzene rings is 2. The predicted octanol–water partition coefficient (Wildman–Crippen LogP) is 7.79. The van der Waals surface area contributed by atoms with Crippen LogP contribution < -0.4 is 5.32 Å². The number of carbonyl (C=O) groups excluding carboxylic acids is 1. The van der Waals surface area contributed by atoms with Crippen LogP contribution in [0.3, 0.4) is 0 Å². The van der Waals surface area contributed by atoms with Crippen LogP contribution in [-0.2, 0) is 4.79 Å². The number of aliphatic imine (C=N–C) groups is 1. The fourth-order valence-corrected chi connectivity index (χ4v) is 5.01. The minimum absolute atomic E-state index is 0.0437. The standard InChI is InChI=1S/C34H35FN6O/c1-6-37-33(34-40-29-12-8-11-27(32(29)41-34)22-9-7-10-25(35)14-22)28-16-24(18-38-31(28)21(4)5)23-15-26(19-36-17-23)39-30(42)13-20(2)3/h7-12,14-21H,6,13H2,1-5H3,(H,39,42)(H,40,41). The van der Waals surface area contributed by atoms with Crippen molar-refractivity contribution in [2.45, 2.75) is 47.0 Å². The van der Waals surface area contributed by atoms with E-state index in [-0.39, 0.29) is 23.6 Å². The van der Waals surface area contributed by atoms with Crippen molar-refractivity contribution in [2.24, 2.45) is 10.9 Å². The molecule has 0 radical (unpaired) electrons. The first kappa shape index (κ1) is 28.8. The smallest absolute Gasteiger partial charge is 0.224 e. The molecule has 0 saturated carbocycles. The second kappa shape index (κ2) is 12.4. The minimum atomic E-state index is -0.295. The highest BCUT2D eigenvalue weighted by molar-refractivity contribution is 6.13. The maximum atomic E-state index is 14.1. The number of nitrogens with zero attached hydrogens (tertiary/aromatic N) is 4. The largest absolute Gasteiger partial charge is 0.337 e. The molecule has 5 aromatic rings. The van der Waals surface area contributed by atoms with Crippen molar-refractivity contribution in [1.29, 1.82) is 0 Å². The number of H-pyrrole nitrogens is 1. The van der Waals surface area contributed by atoms with E-state index in [1.165, 1.54) is 12.1 Å².